The molecule has 1 N–H and O–H groups in total. The Morgan fingerprint density at radius 2 is 2.22 bits per heavy atom. The minimum atomic E-state index is -0.570. The molecule has 3 unspecified atom stereocenters. The van der Waals surface area contributed by atoms with Gasteiger partial charge in [-0.05, 0) is 49.4 Å². The van der Waals surface area contributed by atoms with Gasteiger partial charge in [0.15, 0.2) is 0 Å². The van der Waals surface area contributed by atoms with E-state index in [2.05, 4.69) is 18.9 Å². The fraction of sp³-hybridized carbons (Fsp3) is 0.600. The molecule has 0 heterocycles. The van der Waals surface area contributed by atoms with E-state index in [-0.39, 0.29) is 5.82 Å². The Balaban J connectivity index is 1.75. The van der Waals surface area contributed by atoms with Crippen molar-refractivity contribution in [3.05, 3.63) is 35.6 Å². The van der Waals surface area contributed by atoms with Crippen molar-refractivity contribution < 1.29 is 9.50 Å². The van der Waals surface area contributed by atoms with E-state index in [1.807, 2.05) is 0 Å². The lowest BCUT2D eigenvalue weighted by molar-refractivity contribution is 0.147. The number of aliphatic hydroxyl groups excluding tert-OH is 1. The van der Waals surface area contributed by atoms with Crippen molar-refractivity contribution in [1.82, 2.24) is 4.90 Å². The van der Waals surface area contributed by atoms with Crippen molar-refractivity contribution >= 4 is 0 Å². The van der Waals surface area contributed by atoms with E-state index >= 15 is 0 Å². The summed E-state index contributed by atoms with van der Waals surface area (Å²) in [6.07, 6.45) is 1.41. The van der Waals surface area contributed by atoms with Gasteiger partial charge < -0.3 is 10.0 Å². The second kappa shape index (κ2) is 5.81. The van der Waals surface area contributed by atoms with Gasteiger partial charge in [-0.1, -0.05) is 19.1 Å². The summed E-state index contributed by atoms with van der Waals surface area (Å²) in [7, 11) is 2.09. The van der Waals surface area contributed by atoms with Crippen LogP contribution in [-0.4, -0.2) is 30.1 Å². The summed E-state index contributed by atoms with van der Waals surface area (Å²) in [6.45, 7) is 4.23. The SMILES string of the molecule is CC1CC1CN(C)CCC(O)c1cccc(F)c1. The van der Waals surface area contributed by atoms with Crippen molar-refractivity contribution in [3.8, 4) is 0 Å². The molecular weight excluding hydrogens is 229 g/mol. The van der Waals surface area contributed by atoms with Gasteiger partial charge in [-0.2, -0.15) is 0 Å². The lowest BCUT2D eigenvalue weighted by Gasteiger charge is -2.19. The van der Waals surface area contributed by atoms with Gasteiger partial charge in [-0.15, -0.1) is 0 Å². The number of aliphatic hydroxyl groups is 1. The molecule has 1 saturated carbocycles. The minimum Gasteiger partial charge on any atom is -0.388 e. The van der Waals surface area contributed by atoms with Crippen LogP contribution in [0.2, 0.25) is 0 Å². The lowest BCUT2D eigenvalue weighted by atomic mass is 10.1. The third kappa shape index (κ3) is 3.79. The molecule has 0 aromatic heterocycles. The van der Waals surface area contributed by atoms with Crippen molar-refractivity contribution in [1.29, 1.82) is 0 Å². The van der Waals surface area contributed by atoms with Gasteiger partial charge in [0.1, 0.15) is 5.82 Å². The summed E-state index contributed by atoms with van der Waals surface area (Å²) < 4.78 is 13.0. The molecule has 2 nitrogen and oxygen atoms in total. The first-order chi connectivity index (χ1) is 8.56. The van der Waals surface area contributed by atoms with Gasteiger partial charge in [-0.3, -0.25) is 0 Å². The molecule has 1 aromatic rings. The zero-order valence-electron chi connectivity index (χ0n) is 11.1. The summed E-state index contributed by atoms with van der Waals surface area (Å²) in [4.78, 5) is 2.26. The second-order valence-corrected chi connectivity index (χ2v) is 5.59. The molecule has 1 fully saturated rings. The highest BCUT2D eigenvalue weighted by atomic mass is 19.1. The molecule has 0 saturated heterocycles. The molecule has 0 radical (unpaired) electrons. The van der Waals surface area contributed by atoms with Gasteiger partial charge in [0, 0.05) is 13.1 Å². The van der Waals surface area contributed by atoms with Crippen LogP contribution in [0.4, 0.5) is 4.39 Å². The predicted molar refractivity (Wildman–Crippen MR) is 70.7 cm³/mol. The quantitative estimate of drug-likeness (QED) is 0.840. The zero-order valence-corrected chi connectivity index (χ0v) is 11.1. The van der Waals surface area contributed by atoms with Crippen molar-refractivity contribution in [3.63, 3.8) is 0 Å². The smallest absolute Gasteiger partial charge is 0.123 e. The third-order valence-corrected chi connectivity index (χ3v) is 3.84. The molecule has 3 heteroatoms. The molecule has 1 aliphatic carbocycles. The molecular formula is C15H22FNO. The van der Waals surface area contributed by atoms with Crippen LogP contribution < -0.4 is 0 Å². The van der Waals surface area contributed by atoms with Crippen molar-refractivity contribution in [2.45, 2.75) is 25.9 Å². The number of rotatable bonds is 6. The topological polar surface area (TPSA) is 23.5 Å². The fourth-order valence-corrected chi connectivity index (χ4v) is 2.37. The van der Waals surface area contributed by atoms with E-state index in [0.717, 1.165) is 24.9 Å². The van der Waals surface area contributed by atoms with Gasteiger partial charge >= 0.3 is 0 Å². The van der Waals surface area contributed by atoms with Crippen LogP contribution in [0.5, 0.6) is 0 Å². The van der Waals surface area contributed by atoms with Crippen molar-refractivity contribution in [2.24, 2.45) is 11.8 Å². The standard InChI is InChI=1S/C15H22FNO/c1-11-8-13(11)10-17(2)7-6-15(18)12-4-3-5-14(16)9-12/h3-5,9,11,13,15,18H,6-8,10H2,1-2H3. The van der Waals surface area contributed by atoms with Crippen molar-refractivity contribution in [2.75, 3.05) is 20.1 Å². The summed E-state index contributed by atoms with van der Waals surface area (Å²) >= 11 is 0. The number of nitrogens with zero attached hydrogens (tertiary/aromatic N) is 1. The van der Waals surface area contributed by atoms with Crippen LogP contribution in [0.1, 0.15) is 31.4 Å². The largest absolute Gasteiger partial charge is 0.388 e. The number of halogens is 1. The van der Waals surface area contributed by atoms with E-state index in [4.69, 9.17) is 0 Å². The maximum absolute atomic E-state index is 13.0. The molecule has 0 bridgehead atoms. The summed E-state index contributed by atoms with van der Waals surface area (Å²) in [6, 6.07) is 6.23. The Labute approximate surface area is 108 Å². The molecule has 1 aliphatic rings. The number of benzene rings is 1. The van der Waals surface area contributed by atoms with E-state index < -0.39 is 6.10 Å². The van der Waals surface area contributed by atoms with Gasteiger partial charge in [-0.25, -0.2) is 4.39 Å². The first-order valence-corrected chi connectivity index (χ1v) is 6.68. The number of hydrogen-bond donors (Lipinski definition) is 1. The maximum Gasteiger partial charge on any atom is 0.123 e. The summed E-state index contributed by atoms with van der Waals surface area (Å²) in [5, 5.41) is 10.0. The normalized spacial score (nSPS) is 24.3. The Hall–Kier alpha value is -0.930. The van der Waals surface area contributed by atoms with Crippen LogP contribution in [0.15, 0.2) is 24.3 Å². The monoisotopic (exact) mass is 251 g/mol. The Morgan fingerprint density at radius 3 is 2.83 bits per heavy atom. The van der Waals surface area contributed by atoms with Gasteiger partial charge in [0.05, 0.1) is 6.10 Å². The molecule has 0 amide bonds. The molecule has 2 rings (SSSR count). The average Bonchev–Trinajstić information content (AvgIpc) is 3.01. The molecule has 0 spiro atoms. The van der Waals surface area contributed by atoms with Crippen LogP contribution in [0.25, 0.3) is 0 Å². The van der Waals surface area contributed by atoms with Crippen LogP contribution in [0.3, 0.4) is 0 Å². The Kier molecular flexibility index (Phi) is 4.36. The Bertz CT molecular complexity index is 396. The van der Waals surface area contributed by atoms with Gasteiger partial charge in [0.25, 0.3) is 0 Å². The molecule has 1 aromatic carbocycles. The van der Waals surface area contributed by atoms with Crippen LogP contribution in [-0.2, 0) is 0 Å². The van der Waals surface area contributed by atoms with E-state index in [1.165, 1.54) is 18.6 Å². The highest BCUT2D eigenvalue weighted by molar-refractivity contribution is 5.18. The Morgan fingerprint density at radius 1 is 1.50 bits per heavy atom. The predicted octanol–water partition coefficient (Wildman–Crippen LogP) is 2.84. The first-order valence-electron chi connectivity index (χ1n) is 6.68. The van der Waals surface area contributed by atoms with E-state index in [1.54, 1.807) is 12.1 Å². The number of hydrogen-bond acceptors (Lipinski definition) is 2. The van der Waals surface area contributed by atoms with Gasteiger partial charge in [0.2, 0.25) is 0 Å². The van der Waals surface area contributed by atoms with Crippen LogP contribution >= 0.6 is 0 Å². The van der Waals surface area contributed by atoms with Crippen LogP contribution in [0, 0.1) is 17.7 Å². The summed E-state index contributed by atoms with van der Waals surface area (Å²) in [5.41, 5.74) is 0.670. The molecule has 0 aliphatic heterocycles. The highest BCUT2D eigenvalue weighted by Gasteiger charge is 2.32. The first kappa shape index (κ1) is 13.5. The van der Waals surface area contributed by atoms with E-state index in [0.29, 0.717) is 12.0 Å². The highest BCUT2D eigenvalue weighted by Crippen LogP contribution is 2.38. The third-order valence-electron chi connectivity index (χ3n) is 3.84. The molecule has 18 heavy (non-hydrogen) atoms. The average molecular weight is 251 g/mol. The maximum atomic E-state index is 13.0. The minimum absolute atomic E-state index is 0.285. The molecule has 3 atom stereocenters. The fourth-order valence-electron chi connectivity index (χ4n) is 2.37. The molecule has 100 valence electrons. The summed E-state index contributed by atoms with van der Waals surface area (Å²) in [5.74, 6) is 1.41. The van der Waals surface area contributed by atoms with E-state index in [9.17, 15) is 9.50 Å². The lowest BCUT2D eigenvalue weighted by Crippen LogP contribution is -2.24. The second-order valence-electron chi connectivity index (χ2n) is 5.59. The zero-order chi connectivity index (χ0) is 13.1.